The number of rotatable bonds is 5. The topological polar surface area (TPSA) is 90.9 Å². The van der Waals surface area contributed by atoms with Crippen molar-refractivity contribution in [2.24, 2.45) is 16.8 Å². The molecule has 1 rings (SSSR count). The highest BCUT2D eigenvalue weighted by atomic mass is 35.5. The number of amidine groups is 1. The van der Waals surface area contributed by atoms with Crippen molar-refractivity contribution < 1.29 is 10.0 Å². The van der Waals surface area contributed by atoms with Crippen LogP contribution < -0.4 is 11.1 Å². The maximum absolute atomic E-state index is 12.2. The summed E-state index contributed by atoms with van der Waals surface area (Å²) in [6, 6.07) is 4.48. The lowest BCUT2D eigenvalue weighted by Crippen LogP contribution is -2.41. The molecule has 0 aromatic heterocycles. The molecule has 21 heavy (non-hydrogen) atoms. The van der Waals surface area contributed by atoms with Crippen molar-refractivity contribution in [2.75, 3.05) is 18.4 Å². The Hall–Kier alpha value is -1.66. The number of benzene rings is 1. The van der Waals surface area contributed by atoms with E-state index in [-0.39, 0.29) is 17.8 Å². The number of amides is 2. The Morgan fingerprint density at radius 2 is 2.00 bits per heavy atom. The van der Waals surface area contributed by atoms with Crippen molar-refractivity contribution in [1.82, 2.24) is 4.90 Å². The number of urea groups is 1. The van der Waals surface area contributed by atoms with Gasteiger partial charge in [0.15, 0.2) is 0 Å². The number of carbonyl (C=O) groups excluding carboxylic acids is 1. The van der Waals surface area contributed by atoms with Gasteiger partial charge in [-0.25, -0.2) is 4.79 Å². The number of carbonyl (C=O) groups is 1. The first-order chi connectivity index (χ1) is 9.87. The Morgan fingerprint density at radius 3 is 2.48 bits per heavy atom. The van der Waals surface area contributed by atoms with Crippen LogP contribution in [-0.4, -0.2) is 35.1 Å². The van der Waals surface area contributed by atoms with E-state index >= 15 is 0 Å². The maximum Gasteiger partial charge on any atom is 0.321 e. The van der Waals surface area contributed by atoms with E-state index in [1.165, 1.54) is 4.90 Å². The predicted molar refractivity (Wildman–Crippen MR) is 85.3 cm³/mol. The lowest BCUT2D eigenvalue weighted by atomic mass is 10.1. The Labute approximate surface area is 133 Å². The summed E-state index contributed by atoms with van der Waals surface area (Å²) in [5.41, 5.74) is 6.03. The number of halogens is 2. The average Bonchev–Trinajstić information content (AvgIpc) is 2.42. The van der Waals surface area contributed by atoms with Crippen LogP contribution in [0, 0.1) is 5.92 Å². The van der Waals surface area contributed by atoms with Crippen molar-refractivity contribution in [3.05, 3.63) is 28.2 Å². The first-order valence-electron chi connectivity index (χ1n) is 6.36. The molecule has 116 valence electrons. The zero-order valence-electron chi connectivity index (χ0n) is 11.8. The standard InChI is InChI=1S/C13H18Cl2N4O2/c1-3-19(7-8(2)12(16)18-21)13(20)17-11-5-9(14)4-10(15)6-11/h4-6,8,21H,3,7H2,1-2H3,(H2,16,18)(H,17,20). The molecule has 1 aromatic carbocycles. The maximum atomic E-state index is 12.2. The quantitative estimate of drug-likeness (QED) is 0.334. The van der Waals surface area contributed by atoms with Crippen LogP contribution in [0.15, 0.2) is 23.4 Å². The normalized spacial score (nSPS) is 12.9. The summed E-state index contributed by atoms with van der Waals surface area (Å²) in [4.78, 5) is 13.7. The SMILES string of the molecule is CCN(CC(C)/C(N)=N/O)C(=O)Nc1cc(Cl)cc(Cl)c1. The average molecular weight is 333 g/mol. The fraction of sp³-hybridized carbons (Fsp3) is 0.385. The molecule has 0 bridgehead atoms. The van der Waals surface area contributed by atoms with Gasteiger partial charge in [-0.2, -0.15) is 0 Å². The second-order valence-corrected chi connectivity index (χ2v) is 5.43. The summed E-state index contributed by atoms with van der Waals surface area (Å²) in [7, 11) is 0. The molecule has 0 fully saturated rings. The van der Waals surface area contributed by atoms with Crippen LogP contribution in [0.3, 0.4) is 0 Å². The monoisotopic (exact) mass is 332 g/mol. The Morgan fingerprint density at radius 1 is 1.43 bits per heavy atom. The molecule has 1 atom stereocenters. The van der Waals surface area contributed by atoms with Gasteiger partial charge in [0, 0.05) is 34.7 Å². The van der Waals surface area contributed by atoms with E-state index in [4.69, 9.17) is 34.1 Å². The third-order valence-corrected chi connectivity index (χ3v) is 3.33. The molecule has 1 aromatic rings. The number of hydrogen-bond donors (Lipinski definition) is 3. The van der Waals surface area contributed by atoms with Crippen molar-refractivity contribution in [1.29, 1.82) is 0 Å². The molecule has 8 heteroatoms. The van der Waals surface area contributed by atoms with E-state index in [1.54, 1.807) is 25.1 Å². The second-order valence-electron chi connectivity index (χ2n) is 4.55. The summed E-state index contributed by atoms with van der Waals surface area (Å²) in [5.74, 6) is -0.185. The van der Waals surface area contributed by atoms with E-state index in [0.29, 0.717) is 28.8 Å². The largest absolute Gasteiger partial charge is 0.409 e. The summed E-state index contributed by atoms with van der Waals surface area (Å²) in [6.07, 6.45) is 0. The molecule has 0 aliphatic rings. The molecule has 0 radical (unpaired) electrons. The summed E-state index contributed by atoms with van der Waals surface area (Å²) >= 11 is 11.8. The lowest BCUT2D eigenvalue weighted by molar-refractivity contribution is 0.210. The summed E-state index contributed by atoms with van der Waals surface area (Å²) < 4.78 is 0. The van der Waals surface area contributed by atoms with Gasteiger partial charge < -0.3 is 21.2 Å². The highest BCUT2D eigenvalue weighted by Gasteiger charge is 2.17. The predicted octanol–water partition coefficient (Wildman–Crippen LogP) is 3.23. The molecule has 0 aliphatic heterocycles. The third-order valence-electron chi connectivity index (χ3n) is 2.90. The van der Waals surface area contributed by atoms with Crippen LogP contribution in [-0.2, 0) is 0 Å². The van der Waals surface area contributed by atoms with Gasteiger partial charge in [-0.15, -0.1) is 0 Å². The van der Waals surface area contributed by atoms with Gasteiger partial charge in [0.1, 0.15) is 5.84 Å². The molecule has 0 spiro atoms. The molecule has 1 unspecified atom stereocenters. The van der Waals surface area contributed by atoms with Crippen LogP contribution in [0.4, 0.5) is 10.5 Å². The van der Waals surface area contributed by atoms with Crippen LogP contribution in [0.5, 0.6) is 0 Å². The van der Waals surface area contributed by atoms with Crippen molar-refractivity contribution in [3.8, 4) is 0 Å². The number of nitrogens with zero attached hydrogens (tertiary/aromatic N) is 2. The number of anilines is 1. The van der Waals surface area contributed by atoms with E-state index < -0.39 is 0 Å². The number of hydrogen-bond acceptors (Lipinski definition) is 3. The third kappa shape index (κ3) is 5.32. The van der Waals surface area contributed by atoms with Gasteiger partial charge in [-0.05, 0) is 25.1 Å². The molecule has 4 N–H and O–H groups in total. The van der Waals surface area contributed by atoms with E-state index in [0.717, 1.165) is 0 Å². The fourth-order valence-corrected chi connectivity index (χ4v) is 2.23. The molecule has 2 amide bonds. The van der Waals surface area contributed by atoms with Crippen LogP contribution in [0.25, 0.3) is 0 Å². The molecule has 0 saturated carbocycles. The second kappa shape index (κ2) is 7.95. The highest BCUT2D eigenvalue weighted by molar-refractivity contribution is 6.35. The van der Waals surface area contributed by atoms with E-state index in [9.17, 15) is 4.79 Å². The van der Waals surface area contributed by atoms with E-state index in [2.05, 4.69) is 10.5 Å². The molecule has 6 nitrogen and oxygen atoms in total. The van der Waals surface area contributed by atoms with Crippen molar-refractivity contribution in [3.63, 3.8) is 0 Å². The minimum atomic E-state index is -0.312. The number of oxime groups is 1. The van der Waals surface area contributed by atoms with Gasteiger partial charge >= 0.3 is 6.03 Å². The van der Waals surface area contributed by atoms with Crippen LogP contribution >= 0.6 is 23.2 Å². The number of nitrogens with two attached hydrogens (primary N) is 1. The van der Waals surface area contributed by atoms with Crippen molar-refractivity contribution in [2.45, 2.75) is 13.8 Å². The molecule has 0 saturated heterocycles. The highest BCUT2D eigenvalue weighted by Crippen LogP contribution is 2.22. The molecule has 0 aliphatic carbocycles. The van der Waals surface area contributed by atoms with Crippen LogP contribution in [0.1, 0.15) is 13.8 Å². The van der Waals surface area contributed by atoms with Gasteiger partial charge in [0.2, 0.25) is 0 Å². The summed E-state index contributed by atoms with van der Waals surface area (Å²) in [6.45, 7) is 4.40. The van der Waals surface area contributed by atoms with Gasteiger partial charge in [-0.3, -0.25) is 0 Å². The van der Waals surface area contributed by atoms with Gasteiger partial charge in [-0.1, -0.05) is 35.3 Å². The summed E-state index contributed by atoms with van der Waals surface area (Å²) in [5, 5.41) is 15.2. The van der Waals surface area contributed by atoms with Crippen LogP contribution in [0.2, 0.25) is 10.0 Å². The first-order valence-corrected chi connectivity index (χ1v) is 7.12. The zero-order valence-corrected chi connectivity index (χ0v) is 13.3. The van der Waals surface area contributed by atoms with Crippen molar-refractivity contribution >= 4 is 40.8 Å². The minimum absolute atomic E-state index is 0.0760. The lowest BCUT2D eigenvalue weighted by Gasteiger charge is -2.24. The smallest absolute Gasteiger partial charge is 0.321 e. The molecular weight excluding hydrogens is 315 g/mol. The van der Waals surface area contributed by atoms with Gasteiger partial charge in [0.25, 0.3) is 0 Å². The number of nitrogens with one attached hydrogen (secondary N) is 1. The van der Waals surface area contributed by atoms with Gasteiger partial charge in [0.05, 0.1) is 0 Å². The Balaban J connectivity index is 2.75. The Kier molecular flexibility index (Phi) is 6.58. The minimum Gasteiger partial charge on any atom is -0.409 e. The zero-order chi connectivity index (χ0) is 16.0. The van der Waals surface area contributed by atoms with E-state index in [1.807, 2.05) is 6.92 Å². The Bertz CT molecular complexity index is 517. The first kappa shape index (κ1) is 17.4. The fourth-order valence-electron chi connectivity index (χ4n) is 1.71. The molecular formula is C13H18Cl2N4O2. The molecule has 0 heterocycles.